The molecule has 4 unspecified atom stereocenters. The molecule has 4 heterocycles. The van der Waals surface area contributed by atoms with Crippen LogP contribution in [0.25, 0.3) is 0 Å². The van der Waals surface area contributed by atoms with Gasteiger partial charge in [0.05, 0.1) is 23.2 Å². The van der Waals surface area contributed by atoms with Crippen LogP contribution in [0.4, 0.5) is 11.4 Å². The molecule has 4 atom stereocenters. The Balaban J connectivity index is 1.38. The molecule has 3 aromatic rings. The van der Waals surface area contributed by atoms with Crippen molar-refractivity contribution in [2.24, 2.45) is 11.8 Å². The van der Waals surface area contributed by atoms with Crippen LogP contribution < -0.4 is 25.0 Å². The van der Waals surface area contributed by atoms with Crippen LogP contribution in [0.15, 0.2) is 60.7 Å². The minimum Gasteiger partial charge on any atom is -0.454 e. The Hall–Kier alpha value is -3.88. The Bertz CT molecular complexity index is 1510. The fourth-order valence-electron chi connectivity index (χ4n) is 6.31. The topological polar surface area (TPSA) is 97.0 Å². The van der Waals surface area contributed by atoms with E-state index in [9.17, 15) is 14.4 Å². The molecule has 3 aromatic carbocycles. The number of nitrogens with zero attached hydrogens (tertiary/aromatic N) is 1. The molecular formula is C28H22ClN3O5. The van der Waals surface area contributed by atoms with Crippen LogP contribution in [0.1, 0.15) is 16.7 Å². The van der Waals surface area contributed by atoms with Crippen LogP contribution in [-0.2, 0) is 26.3 Å². The molecule has 0 bridgehead atoms. The van der Waals surface area contributed by atoms with Crippen LogP contribution in [0.2, 0.25) is 5.02 Å². The van der Waals surface area contributed by atoms with Crippen molar-refractivity contribution in [1.29, 1.82) is 0 Å². The summed E-state index contributed by atoms with van der Waals surface area (Å²) in [5.41, 5.74) is 1.95. The molecule has 37 heavy (non-hydrogen) atoms. The Morgan fingerprint density at radius 2 is 1.78 bits per heavy atom. The van der Waals surface area contributed by atoms with E-state index in [1.165, 1.54) is 4.90 Å². The number of hydrogen-bond acceptors (Lipinski definition) is 6. The van der Waals surface area contributed by atoms with Gasteiger partial charge in [-0.1, -0.05) is 48.0 Å². The van der Waals surface area contributed by atoms with Crippen molar-refractivity contribution in [3.63, 3.8) is 0 Å². The fraction of sp³-hybridized carbons (Fsp3) is 0.250. The van der Waals surface area contributed by atoms with Crippen molar-refractivity contribution in [2.75, 3.05) is 17.0 Å². The maximum Gasteiger partial charge on any atom is 0.250 e. The van der Waals surface area contributed by atoms with Crippen LogP contribution in [0.5, 0.6) is 11.5 Å². The number of halogens is 1. The minimum atomic E-state index is -1.40. The van der Waals surface area contributed by atoms with E-state index in [-0.39, 0.29) is 18.6 Å². The number of ether oxygens (including phenoxy) is 2. The standard InChI is InChI=1S/C28H22ClN3O5/c1-14-18(29)9-8-17-24(14)30-27(35)28(17)23-22(19(31-28)11-15-5-3-2-4-6-15)25(33)32(26(23)34)16-7-10-20-21(12-16)37-13-36-20/h2-10,12,19,22-23,31H,11,13H2,1H3,(H,30,35). The largest absolute Gasteiger partial charge is 0.454 e. The van der Waals surface area contributed by atoms with Crippen molar-refractivity contribution in [3.8, 4) is 11.5 Å². The summed E-state index contributed by atoms with van der Waals surface area (Å²) in [5.74, 6) is -1.77. The molecule has 3 amide bonds. The Kier molecular flexibility index (Phi) is 4.71. The summed E-state index contributed by atoms with van der Waals surface area (Å²) in [6.07, 6.45) is 0.479. The van der Waals surface area contributed by atoms with Gasteiger partial charge in [-0.25, -0.2) is 4.90 Å². The Labute approximate surface area is 217 Å². The summed E-state index contributed by atoms with van der Waals surface area (Å²) in [7, 11) is 0. The number of rotatable bonds is 3. The van der Waals surface area contributed by atoms with E-state index in [2.05, 4.69) is 10.6 Å². The highest BCUT2D eigenvalue weighted by molar-refractivity contribution is 6.32. The summed E-state index contributed by atoms with van der Waals surface area (Å²) in [4.78, 5) is 43.1. The first-order valence-corrected chi connectivity index (χ1v) is 12.5. The molecule has 0 saturated carbocycles. The van der Waals surface area contributed by atoms with E-state index >= 15 is 0 Å². The first-order chi connectivity index (χ1) is 17.9. The number of nitrogens with one attached hydrogen (secondary N) is 2. The lowest BCUT2D eigenvalue weighted by atomic mass is 9.76. The van der Waals surface area contributed by atoms with Crippen molar-refractivity contribution in [1.82, 2.24) is 5.32 Å². The van der Waals surface area contributed by atoms with Crippen LogP contribution in [0.3, 0.4) is 0 Å². The third kappa shape index (κ3) is 2.97. The third-order valence-electron chi connectivity index (χ3n) is 8.00. The zero-order valence-electron chi connectivity index (χ0n) is 19.8. The predicted molar refractivity (Wildman–Crippen MR) is 136 cm³/mol. The number of anilines is 2. The molecule has 2 N–H and O–H groups in total. The molecule has 7 rings (SSSR count). The van der Waals surface area contributed by atoms with Crippen molar-refractivity contribution < 1.29 is 23.9 Å². The summed E-state index contributed by atoms with van der Waals surface area (Å²) in [6.45, 7) is 1.91. The van der Waals surface area contributed by atoms with Gasteiger partial charge in [-0.2, -0.15) is 0 Å². The summed E-state index contributed by atoms with van der Waals surface area (Å²) < 4.78 is 10.9. The van der Waals surface area contributed by atoms with E-state index in [4.69, 9.17) is 21.1 Å². The highest BCUT2D eigenvalue weighted by Gasteiger charge is 2.70. The van der Waals surface area contributed by atoms with Gasteiger partial charge in [-0.15, -0.1) is 0 Å². The Morgan fingerprint density at radius 1 is 1.00 bits per heavy atom. The first-order valence-electron chi connectivity index (χ1n) is 12.1. The van der Waals surface area contributed by atoms with E-state index in [1.54, 1.807) is 30.3 Å². The number of carbonyl (C=O) groups excluding carboxylic acids is 3. The number of amides is 3. The lowest BCUT2D eigenvalue weighted by Gasteiger charge is -2.29. The molecular weight excluding hydrogens is 494 g/mol. The van der Waals surface area contributed by atoms with E-state index in [1.807, 2.05) is 37.3 Å². The maximum atomic E-state index is 14.2. The van der Waals surface area contributed by atoms with E-state index < -0.39 is 29.3 Å². The second kappa shape index (κ2) is 7.81. The van der Waals surface area contributed by atoms with Gasteiger partial charge in [0.1, 0.15) is 5.54 Å². The highest BCUT2D eigenvalue weighted by atomic mass is 35.5. The van der Waals surface area contributed by atoms with E-state index in [0.717, 1.165) is 11.1 Å². The lowest BCUT2D eigenvalue weighted by Crippen LogP contribution is -2.53. The third-order valence-corrected chi connectivity index (χ3v) is 8.41. The smallest absolute Gasteiger partial charge is 0.250 e. The fourth-order valence-corrected chi connectivity index (χ4v) is 6.47. The number of fused-ring (bicyclic) bond motifs is 5. The zero-order chi connectivity index (χ0) is 25.5. The highest BCUT2D eigenvalue weighted by Crippen LogP contribution is 2.55. The molecule has 2 fully saturated rings. The zero-order valence-corrected chi connectivity index (χ0v) is 20.5. The number of hydrogen-bond donors (Lipinski definition) is 2. The van der Waals surface area contributed by atoms with Gasteiger partial charge in [0.15, 0.2) is 11.5 Å². The summed E-state index contributed by atoms with van der Waals surface area (Å²) >= 11 is 6.36. The van der Waals surface area contributed by atoms with Gasteiger partial charge in [-0.3, -0.25) is 19.7 Å². The van der Waals surface area contributed by atoms with Gasteiger partial charge in [0.2, 0.25) is 24.5 Å². The Morgan fingerprint density at radius 3 is 2.59 bits per heavy atom. The molecule has 4 aliphatic heterocycles. The molecule has 0 aromatic heterocycles. The minimum absolute atomic E-state index is 0.0803. The molecule has 2 saturated heterocycles. The van der Waals surface area contributed by atoms with Crippen molar-refractivity contribution >= 4 is 40.7 Å². The normalized spacial score (nSPS) is 27.1. The SMILES string of the molecule is Cc1c(Cl)ccc2c1NC(=O)C21NC(Cc2ccccc2)C2C(=O)N(c3ccc4c(c3)OCO4)C(=O)C21. The van der Waals surface area contributed by atoms with Crippen molar-refractivity contribution in [2.45, 2.75) is 24.9 Å². The first kappa shape index (κ1) is 22.3. The predicted octanol–water partition coefficient (Wildman–Crippen LogP) is 3.54. The summed E-state index contributed by atoms with van der Waals surface area (Å²) in [5, 5.41) is 6.95. The van der Waals surface area contributed by atoms with Crippen LogP contribution >= 0.6 is 11.6 Å². The monoisotopic (exact) mass is 515 g/mol. The van der Waals surface area contributed by atoms with Gasteiger partial charge < -0.3 is 14.8 Å². The molecule has 8 nitrogen and oxygen atoms in total. The summed E-state index contributed by atoms with van der Waals surface area (Å²) in [6, 6.07) is 17.8. The number of benzene rings is 3. The average Bonchev–Trinajstić information content (AvgIpc) is 3.62. The number of imide groups is 1. The second-order valence-electron chi connectivity index (χ2n) is 9.85. The molecule has 1 spiro atoms. The van der Waals surface area contributed by atoms with Crippen molar-refractivity contribution in [3.05, 3.63) is 82.4 Å². The molecule has 186 valence electrons. The average molecular weight is 516 g/mol. The van der Waals surface area contributed by atoms with E-state index in [0.29, 0.717) is 39.9 Å². The van der Waals surface area contributed by atoms with Crippen LogP contribution in [0, 0.1) is 18.8 Å². The van der Waals surface area contributed by atoms with Gasteiger partial charge >= 0.3 is 0 Å². The molecule has 0 radical (unpaired) electrons. The van der Waals surface area contributed by atoms with Crippen LogP contribution in [-0.4, -0.2) is 30.6 Å². The molecule has 9 heteroatoms. The lowest BCUT2D eigenvalue weighted by molar-refractivity contribution is -0.130. The van der Waals surface area contributed by atoms with Gasteiger partial charge in [-0.05, 0) is 42.7 Å². The quantitative estimate of drug-likeness (QED) is 0.518. The number of carbonyl (C=O) groups is 3. The van der Waals surface area contributed by atoms with Gasteiger partial charge in [0, 0.05) is 22.7 Å². The molecule has 4 aliphatic rings. The van der Waals surface area contributed by atoms with Gasteiger partial charge in [0.25, 0.3) is 0 Å². The maximum absolute atomic E-state index is 14.2. The molecule has 0 aliphatic carbocycles. The second-order valence-corrected chi connectivity index (χ2v) is 10.3.